The third kappa shape index (κ3) is 4.12. The molecule has 0 bridgehead atoms. The van der Waals surface area contributed by atoms with Crippen LogP contribution < -0.4 is 28.2 Å². The predicted octanol–water partition coefficient (Wildman–Crippen LogP) is -4.91. The third-order valence-corrected chi connectivity index (χ3v) is 3.67. The summed E-state index contributed by atoms with van der Waals surface area (Å²) < 4.78 is 13.1. The molecule has 120 valence electrons. The summed E-state index contributed by atoms with van der Waals surface area (Å²) in [6.45, 7) is 4.36. The van der Waals surface area contributed by atoms with Crippen LogP contribution >= 0.6 is 0 Å². The molecule has 2 aliphatic heterocycles. The van der Waals surface area contributed by atoms with Gasteiger partial charge < -0.3 is 12.4 Å². The minimum absolute atomic E-state index is 0. The highest BCUT2D eigenvalue weighted by Gasteiger charge is 2.24. The molecule has 0 unspecified atom stereocenters. The number of halogens is 2. The van der Waals surface area contributed by atoms with Crippen LogP contribution in [0.15, 0.2) is 23.2 Å². The fourth-order valence-corrected chi connectivity index (χ4v) is 2.53. The molecule has 3 N–H and O–H groups in total. The summed E-state index contributed by atoms with van der Waals surface area (Å²) in [6, 6.07) is 4.91. The van der Waals surface area contributed by atoms with Gasteiger partial charge in [-0.1, -0.05) is 6.07 Å². The second-order valence-corrected chi connectivity index (χ2v) is 5.16. The second-order valence-electron chi connectivity index (χ2n) is 5.16. The molecule has 7 nitrogen and oxygen atoms in total. The van der Waals surface area contributed by atoms with Crippen molar-refractivity contribution in [3.8, 4) is 0 Å². The quantitative estimate of drug-likeness (QED) is 0.486. The van der Waals surface area contributed by atoms with Gasteiger partial charge in [0.1, 0.15) is 12.4 Å². The molecule has 0 atom stereocenters. The summed E-state index contributed by atoms with van der Waals surface area (Å²) in [5, 5.41) is 0. The van der Waals surface area contributed by atoms with Crippen LogP contribution in [0.1, 0.15) is 0 Å². The first kappa shape index (κ1) is 16.6. The van der Waals surface area contributed by atoms with Crippen LogP contribution in [0.2, 0.25) is 0 Å². The van der Waals surface area contributed by atoms with E-state index in [1.165, 1.54) is 11.0 Å². The summed E-state index contributed by atoms with van der Waals surface area (Å²) in [5.74, 6) is 0.987. The van der Waals surface area contributed by atoms with Crippen LogP contribution in [0, 0.1) is 5.95 Å². The van der Waals surface area contributed by atoms with Gasteiger partial charge in [-0.2, -0.15) is 9.37 Å². The van der Waals surface area contributed by atoms with E-state index in [-0.39, 0.29) is 24.9 Å². The number of nitrogens with one attached hydrogen (secondary N) is 3. The number of pyridine rings is 1. The van der Waals surface area contributed by atoms with Crippen molar-refractivity contribution in [3.63, 3.8) is 0 Å². The van der Waals surface area contributed by atoms with Gasteiger partial charge >= 0.3 is 0 Å². The Morgan fingerprint density at radius 1 is 1.27 bits per heavy atom. The van der Waals surface area contributed by atoms with Crippen LogP contribution in [0.4, 0.5) is 10.2 Å². The van der Waals surface area contributed by atoms with Crippen molar-refractivity contribution in [3.05, 3.63) is 24.1 Å². The van der Waals surface area contributed by atoms with E-state index in [0.29, 0.717) is 6.54 Å². The maximum atomic E-state index is 13.1. The number of nitrogens with zero attached hydrogens (tertiary/aromatic N) is 3. The van der Waals surface area contributed by atoms with Crippen molar-refractivity contribution in [1.29, 1.82) is 0 Å². The summed E-state index contributed by atoms with van der Waals surface area (Å²) >= 11 is 0. The van der Waals surface area contributed by atoms with Gasteiger partial charge in [-0.3, -0.25) is 30.4 Å². The lowest BCUT2D eigenvalue weighted by molar-refractivity contribution is -0.840. The fraction of sp³-hybridized carbons (Fsp3) is 0.462. The summed E-state index contributed by atoms with van der Waals surface area (Å²) in [6.07, 6.45) is 0. The number of amidine groups is 1. The predicted molar refractivity (Wildman–Crippen MR) is 74.6 cm³/mol. The first-order chi connectivity index (χ1) is 10.2. The zero-order valence-corrected chi connectivity index (χ0v) is 12.7. The Morgan fingerprint density at radius 3 is 2.68 bits per heavy atom. The van der Waals surface area contributed by atoms with E-state index in [1.807, 2.05) is 6.07 Å². The van der Waals surface area contributed by atoms with Crippen LogP contribution in [0.5, 0.6) is 0 Å². The fourth-order valence-electron chi connectivity index (χ4n) is 2.53. The monoisotopic (exact) mass is 328 g/mol. The molecule has 3 heterocycles. The first-order valence-corrected chi connectivity index (χ1v) is 6.99. The van der Waals surface area contributed by atoms with E-state index in [0.717, 1.165) is 37.8 Å². The van der Waals surface area contributed by atoms with Crippen molar-refractivity contribution in [2.45, 2.75) is 0 Å². The largest absolute Gasteiger partial charge is 1.00 e. The normalized spacial score (nSPS) is 19.7. The van der Waals surface area contributed by atoms with Crippen LogP contribution in [0.25, 0.3) is 0 Å². The van der Waals surface area contributed by atoms with Gasteiger partial charge in [-0.05, 0) is 6.07 Å². The average Bonchev–Trinajstić information content (AvgIpc) is 2.50. The zero-order valence-electron chi connectivity index (χ0n) is 12.0. The topological polar surface area (TPSA) is 74.1 Å². The van der Waals surface area contributed by atoms with Crippen LogP contribution in [-0.2, 0) is 4.79 Å². The zero-order chi connectivity index (χ0) is 14.7. The van der Waals surface area contributed by atoms with Gasteiger partial charge in [0.05, 0.1) is 19.6 Å². The molecule has 3 rings (SSSR count). The van der Waals surface area contributed by atoms with Crippen molar-refractivity contribution in [2.24, 2.45) is 4.99 Å². The number of hydrazine groups is 1. The number of hydrogen-bond donors (Lipinski definition) is 3. The van der Waals surface area contributed by atoms with E-state index < -0.39 is 5.95 Å². The highest BCUT2D eigenvalue weighted by molar-refractivity contribution is 5.92. The molecule has 1 aromatic rings. The molecule has 0 aliphatic carbocycles. The van der Waals surface area contributed by atoms with Gasteiger partial charge in [-0.25, -0.2) is 0 Å². The van der Waals surface area contributed by atoms with Gasteiger partial charge in [0.25, 0.3) is 5.91 Å². The maximum absolute atomic E-state index is 13.1. The van der Waals surface area contributed by atoms with Crippen molar-refractivity contribution in [2.75, 3.05) is 39.3 Å². The summed E-state index contributed by atoms with van der Waals surface area (Å²) in [7, 11) is 0. The number of carbonyl (C=O) groups excluding carboxylic acids is 1. The number of carbonyl (C=O) groups is 1. The van der Waals surface area contributed by atoms with Crippen molar-refractivity contribution in [1.82, 2.24) is 20.7 Å². The van der Waals surface area contributed by atoms with E-state index in [2.05, 4.69) is 25.7 Å². The number of rotatable bonds is 3. The van der Waals surface area contributed by atoms with Crippen LogP contribution in [0.3, 0.4) is 0 Å². The van der Waals surface area contributed by atoms with Gasteiger partial charge in [0, 0.05) is 19.2 Å². The number of hydrogen-bond acceptors (Lipinski definition) is 5. The molecular formula is C13H18ClFN6O. The smallest absolute Gasteiger partial charge is 0.260 e. The summed E-state index contributed by atoms with van der Waals surface area (Å²) in [5.41, 5.74) is 5.37. The Balaban J connectivity index is 0.00000176. The molecule has 9 heteroatoms. The molecule has 0 saturated carbocycles. The Morgan fingerprint density at radius 2 is 2.05 bits per heavy atom. The SMILES string of the molecule is O=C1CN=C(CN2CC[NH+](c3cccc(F)n3)CC2)NN1.[Cl-]. The first-order valence-electron chi connectivity index (χ1n) is 6.99. The molecule has 22 heavy (non-hydrogen) atoms. The average molecular weight is 329 g/mol. The lowest BCUT2D eigenvalue weighted by atomic mass is 10.3. The molecule has 2 aliphatic rings. The molecule has 0 radical (unpaired) electrons. The lowest BCUT2D eigenvalue weighted by Crippen LogP contribution is -3.10. The molecular weight excluding hydrogens is 311 g/mol. The molecule has 1 fully saturated rings. The molecule has 1 aromatic heterocycles. The van der Waals surface area contributed by atoms with E-state index in [1.54, 1.807) is 6.07 Å². The highest BCUT2D eigenvalue weighted by atomic mass is 35.5. The van der Waals surface area contributed by atoms with E-state index >= 15 is 0 Å². The Hall–Kier alpha value is -1.77. The number of aromatic nitrogens is 1. The lowest BCUT2D eigenvalue weighted by Gasteiger charge is -2.32. The Labute approximate surface area is 134 Å². The minimum atomic E-state index is -0.432. The number of aliphatic imine (C=N–C) groups is 1. The highest BCUT2D eigenvalue weighted by Crippen LogP contribution is 2.00. The minimum Gasteiger partial charge on any atom is -1.00 e. The second kappa shape index (κ2) is 7.48. The van der Waals surface area contributed by atoms with Crippen molar-refractivity contribution >= 4 is 17.6 Å². The number of piperazine rings is 1. The Kier molecular flexibility index (Phi) is 5.64. The molecule has 0 spiro atoms. The maximum Gasteiger partial charge on any atom is 0.260 e. The van der Waals surface area contributed by atoms with Gasteiger partial charge in [0.15, 0.2) is 0 Å². The standard InChI is InChI=1S/C13H17FN6O.ClH/c14-10-2-1-3-12(16-10)20-6-4-19(5-7-20)9-11-15-8-13(21)18-17-11;/h1-3H,4-9H2,(H,15,17)(H,18,21);1H. The molecule has 0 aromatic carbocycles. The number of quaternary nitrogens is 1. The third-order valence-electron chi connectivity index (χ3n) is 3.67. The van der Waals surface area contributed by atoms with Crippen LogP contribution in [-0.4, -0.2) is 60.9 Å². The van der Waals surface area contributed by atoms with E-state index in [9.17, 15) is 9.18 Å². The van der Waals surface area contributed by atoms with Crippen molar-refractivity contribution < 1.29 is 26.5 Å². The molecule has 1 saturated heterocycles. The van der Waals surface area contributed by atoms with E-state index in [4.69, 9.17) is 0 Å². The number of amides is 1. The van der Waals surface area contributed by atoms with Gasteiger partial charge in [0.2, 0.25) is 11.8 Å². The summed E-state index contributed by atoms with van der Waals surface area (Å²) in [4.78, 5) is 22.6. The van der Waals surface area contributed by atoms with Gasteiger partial charge in [-0.15, -0.1) is 0 Å². The molecule has 1 amide bonds. The Bertz CT molecular complexity index is 561.